The van der Waals surface area contributed by atoms with E-state index in [-0.39, 0.29) is 30.5 Å². The highest BCUT2D eigenvalue weighted by Gasteiger charge is 2.34. The van der Waals surface area contributed by atoms with Gasteiger partial charge < -0.3 is 10.1 Å². The van der Waals surface area contributed by atoms with Crippen molar-refractivity contribution in [3.8, 4) is 11.3 Å². The van der Waals surface area contributed by atoms with Crippen molar-refractivity contribution >= 4 is 11.6 Å². The molecule has 0 saturated carbocycles. The maximum atomic E-state index is 13.1. The highest BCUT2D eigenvalue weighted by molar-refractivity contribution is 6.04. The van der Waals surface area contributed by atoms with E-state index in [4.69, 9.17) is 5.11 Å². The summed E-state index contributed by atoms with van der Waals surface area (Å²) in [7, 11) is 0. The van der Waals surface area contributed by atoms with Crippen molar-refractivity contribution in [2.75, 3.05) is 6.61 Å². The summed E-state index contributed by atoms with van der Waals surface area (Å²) in [4.78, 5) is 33.1. The van der Waals surface area contributed by atoms with Crippen LogP contribution in [0.25, 0.3) is 11.3 Å². The van der Waals surface area contributed by atoms with Gasteiger partial charge in [0.1, 0.15) is 5.78 Å². The molecule has 0 saturated heterocycles. The van der Waals surface area contributed by atoms with Gasteiger partial charge in [-0.25, -0.2) is 0 Å². The molecule has 2 heterocycles. The first-order valence-electron chi connectivity index (χ1n) is 10.0. The van der Waals surface area contributed by atoms with Crippen molar-refractivity contribution in [2.24, 2.45) is 5.92 Å². The van der Waals surface area contributed by atoms with E-state index in [1.54, 1.807) is 12.4 Å². The van der Waals surface area contributed by atoms with Gasteiger partial charge in [0, 0.05) is 61.0 Å². The van der Waals surface area contributed by atoms with E-state index in [9.17, 15) is 9.59 Å². The molecule has 2 aromatic heterocycles. The number of aliphatic hydroxyl groups is 1. The van der Waals surface area contributed by atoms with Crippen LogP contribution in [0.1, 0.15) is 46.4 Å². The van der Waals surface area contributed by atoms with Gasteiger partial charge in [0.25, 0.3) is 0 Å². The zero-order chi connectivity index (χ0) is 20.2. The summed E-state index contributed by atoms with van der Waals surface area (Å²) >= 11 is 0. The van der Waals surface area contributed by atoms with Gasteiger partial charge in [0.05, 0.1) is 5.69 Å². The minimum Gasteiger partial charge on any atom is -0.396 e. The third kappa shape index (κ3) is 4.05. The second-order valence-corrected chi connectivity index (χ2v) is 7.55. The summed E-state index contributed by atoms with van der Waals surface area (Å²) in [5.41, 5.74) is 5.63. The Bertz CT molecular complexity index is 1010. The molecule has 2 N–H and O–H groups in total. The molecule has 0 fully saturated rings. The molecule has 0 spiro atoms. The number of fused-ring (bicyclic) bond motifs is 1. The predicted molar refractivity (Wildman–Crippen MR) is 111 cm³/mol. The number of rotatable bonds is 7. The van der Waals surface area contributed by atoms with E-state index < -0.39 is 0 Å². The molecule has 0 amide bonds. The normalized spacial score (nSPS) is 15.9. The average Bonchev–Trinajstić information content (AvgIpc) is 3.12. The number of aromatic nitrogens is 2. The van der Waals surface area contributed by atoms with Crippen LogP contribution in [-0.4, -0.2) is 33.2 Å². The van der Waals surface area contributed by atoms with Gasteiger partial charge in [-0.3, -0.25) is 14.6 Å². The number of carbonyl (C=O) groups excluding carboxylic acids is 2. The van der Waals surface area contributed by atoms with Crippen LogP contribution >= 0.6 is 0 Å². The lowest BCUT2D eigenvalue weighted by molar-refractivity contribution is -0.123. The molecule has 1 aromatic carbocycles. The van der Waals surface area contributed by atoms with Crippen molar-refractivity contribution < 1.29 is 14.7 Å². The lowest BCUT2D eigenvalue weighted by Gasteiger charge is -2.21. The first kappa shape index (κ1) is 19.3. The lowest BCUT2D eigenvalue weighted by atomic mass is 9.81. The minimum atomic E-state index is -0.310. The number of H-pyrrole nitrogens is 1. The molecule has 1 aliphatic rings. The number of Topliss-reactive ketones (excluding diaryl/α,β-unsaturated/α-hetero) is 2. The summed E-state index contributed by atoms with van der Waals surface area (Å²) in [5.74, 6) is -0.228. The molecule has 0 radical (unpaired) electrons. The molecule has 0 aliphatic heterocycles. The largest absolute Gasteiger partial charge is 0.396 e. The summed E-state index contributed by atoms with van der Waals surface area (Å²) < 4.78 is 0. The standard InChI is InChI=1S/C24H24N2O3/c27-12-4-7-21(28)18-14-20-23(22(29)15-18)19(13-16-5-2-1-3-6-16)24(26-20)17-8-10-25-11-9-17/h1-3,5-6,8-11,18,26-27H,4,7,12-15H2. The van der Waals surface area contributed by atoms with Crippen LogP contribution in [0.2, 0.25) is 0 Å². The zero-order valence-corrected chi connectivity index (χ0v) is 16.2. The molecular formula is C24H24N2O3. The van der Waals surface area contributed by atoms with Crippen molar-refractivity contribution in [1.82, 2.24) is 9.97 Å². The number of benzene rings is 1. The van der Waals surface area contributed by atoms with Gasteiger partial charge in [0.15, 0.2) is 5.78 Å². The fourth-order valence-electron chi connectivity index (χ4n) is 4.16. The summed E-state index contributed by atoms with van der Waals surface area (Å²) in [6, 6.07) is 14.0. The van der Waals surface area contributed by atoms with Crippen LogP contribution in [0.5, 0.6) is 0 Å². The van der Waals surface area contributed by atoms with E-state index in [0.717, 1.165) is 33.6 Å². The maximum Gasteiger partial charge on any atom is 0.165 e. The van der Waals surface area contributed by atoms with Crippen LogP contribution in [0.15, 0.2) is 54.9 Å². The van der Waals surface area contributed by atoms with Crippen molar-refractivity contribution in [3.05, 3.63) is 77.2 Å². The summed E-state index contributed by atoms with van der Waals surface area (Å²) in [6.45, 7) is -0.00638. The van der Waals surface area contributed by atoms with Gasteiger partial charge in [-0.15, -0.1) is 0 Å². The van der Waals surface area contributed by atoms with Crippen molar-refractivity contribution in [3.63, 3.8) is 0 Å². The van der Waals surface area contributed by atoms with E-state index >= 15 is 0 Å². The Balaban J connectivity index is 1.74. The zero-order valence-electron chi connectivity index (χ0n) is 16.2. The smallest absolute Gasteiger partial charge is 0.165 e. The number of hydrogen-bond acceptors (Lipinski definition) is 4. The number of carbonyl (C=O) groups is 2. The SMILES string of the molecule is O=C1CC(C(=O)CCCO)Cc2[nH]c(-c3ccncc3)c(Cc3ccccc3)c21. The third-order valence-corrected chi connectivity index (χ3v) is 5.57. The molecule has 1 aliphatic carbocycles. The second-order valence-electron chi connectivity index (χ2n) is 7.55. The van der Waals surface area contributed by atoms with Gasteiger partial charge in [0.2, 0.25) is 0 Å². The number of pyridine rings is 1. The number of aliphatic hydroxyl groups excluding tert-OH is 1. The summed E-state index contributed by atoms with van der Waals surface area (Å²) in [5, 5.41) is 9.00. The van der Waals surface area contributed by atoms with Crippen LogP contribution in [0.3, 0.4) is 0 Å². The number of nitrogens with one attached hydrogen (secondary N) is 1. The van der Waals surface area contributed by atoms with Gasteiger partial charge in [-0.2, -0.15) is 0 Å². The van der Waals surface area contributed by atoms with E-state index in [1.165, 1.54) is 0 Å². The fraction of sp³-hybridized carbons (Fsp3) is 0.292. The Labute approximate surface area is 169 Å². The molecule has 148 valence electrons. The fourth-order valence-corrected chi connectivity index (χ4v) is 4.16. The Morgan fingerprint density at radius 2 is 1.86 bits per heavy atom. The molecule has 1 atom stereocenters. The molecule has 1 unspecified atom stereocenters. The number of ketones is 2. The molecule has 5 heteroatoms. The molecule has 0 bridgehead atoms. The quantitative estimate of drug-likeness (QED) is 0.646. The van der Waals surface area contributed by atoms with Gasteiger partial charge in [-0.05, 0) is 36.1 Å². The van der Waals surface area contributed by atoms with E-state index in [1.807, 2.05) is 30.3 Å². The first-order valence-corrected chi connectivity index (χ1v) is 10.0. The third-order valence-electron chi connectivity index (χ3n) is 5.57. The maximum absolute atomic E-state index is 13.1. The number of aromatic amines is 1. The Hall–Kier alpha value is -3.05. The van der Waals surface area contributed by atoms with Crippen molar-refractivity contribution in [1.29, 1.82) is 0 Å². The Morgan fingerprint density at radius 3 is 2.59 bits per heavy atom. The van der Waals surface area contributed by atoms with Crippen LogP contribution in [-0.2, 0) is 17.6 Å². The van der Waals surface area contributed by atoms with Gasteiger partial charge >= 0.3 is 0 Å². The highest BCUT2D eigenvalue weighted by atomic mass is 16.3. The van der Waals surface area contributed by atoms with Crippen LogP contribution in [0, 0.1) is 5.92 Å². The average molecular weight is 388 g/mol. The first-order chi connectivity index (χ1) is 14.2. The van der Waals surface area contributed by atoms with E-state index in [0.29, 0.717) is 25.7 Å². The number of nitrogens with zero attached hydrogens (tertiary/aromatic N) is 1. The molecule has 5 nitrogen and oxygen atoms in total. The second kappa shape index (κ2) is 8.53. The van der Waals surface area contributed by atoms with E-state index in [2.05, 4.69) is 22.1 Å². The monoisotopic (exact) mass is 388 g/mol. The summed E-state index contributed by atoms with van der Waals surface area (Å²) in [6.07, 6.45) is 5.68. The van der Waals surface area contributed by atoms with Crippen LogP contribution < -0.4 is 0 Å². The predicted octanol–water partition coefficient (Wildman–Crippen LogP) is 3.75. The minimum absolute atomic E-state index is 0.00638. The number of hydrogen-bond donors (Lipinski definition) is 2. The highest BCUT2D eigenvalue weighted by Crippen LogP contribution is 2.36. The van der Waals surface area contributed by atoms with Crippen LogP contribution in [0.4, 0.5) is 0 Å². The molecule has 3 aromatic rings. The van der Waals surface area contributed by atoms with Gasteiger partial charge in [-0.1, -0.05) is 30.3 Å². The van der Waals surface area contributed by atoms with Crippen molar-refractivity contribution in [2.45, 2.75) is 32.1 Å². The lowest BCUT2D eigenvalue weighted by Crippen LogP contribution is -2.27. The molecule has 29 heavy (non-hydrogen) atoms. The molecule has 4 rings (SSSR count). The molecular weight excluding hydrogens is 364 g/mol. The topological polar surface area (TPSA) is 83.0 Å². The Morgan fingerprint density at radius 1 is 1.10 bits per heavy atom. The Kier molecular flexibility index (Phi) is 5.67.